The molecule has 0 spiro atoms. The van der Waals surface area contributed by atoms with Gasteiger partial charge < -0.3 is 15.0 Å². The SMILES string of the molecule is CC(=O)Nc1cccc(CN2CCC(C(O)c3nccn3C)CC2)c1. The third-order valence-electron chi connectivity index (χ3n) is 4.86. The third kappa shape index (κ3) is 4.46. The summed E-state index contributed by atoms with van der Waals surface area (Å²) in [4.78, 5) is 17.9. The molecule has 1 saturated heterocycles. The van der Waals surface area contributed by atoms with E-state index in [0.29, 0.717) is 0 Å². The van der Waals surface area contributed by atoms with Crippen LogP contribution in [-0.4, -0.2) is 38.6 Å². The molecule has 0 radical (unpaired) electrons. The lowest BCUT2D eigenvalue weighted by Crippen LogP contribution is -2.35. The molecule has 0 saturated carbocycles. The molecule has 1 fully saturated rings. The molecule has 134 valence electrons. The summed E-state index contributed by atoms with van der Waals surface area (Å²) in [5, 5.41) is 13.4. The van der Waals surface area contributed by atoms with Gasteiger partial charge in [0, 0.05) is 38.6 Å². The number of benzene rings is 1. The predicted octanol–water partition coefficient (Wildman–Crippen LogP) is 2.32. The van der Waals surface area contributed by atoms with Gasteiger partial charge in [0.25, 0.3) is 0 Å². The van der Waals surface area contributed by atoms with Crippen LogP contribution in [-0.2, 0) is 18.4 Å². The van der Waals surface area contributed by atoms with Crippen LogP contribution in [0.4, 0.5) is 5.69 Å². The summed E-state index contributed by atoms with van der Waals surface area (Å²) in [6, 6.07) is 7.98. The largest absolute Gasteiger partial charge is 0.385 e. The Morgan fingerprint density at radius 1 is 1.40 bits per heavy atom. The number of aliphatic hydroxyl groups excluding tert-OH is 1. The number of nitrogens with zero attached hydrogens (tertiary/aromatic N) is 3. The maximum absolute atomic E-state index is 11.2. The number of nitrogens with one attached hydrogen (secondary N) is 1. The van der Waals surface area contributed by atoms with Crippen LogP contribution < -0.4 is 5.32 Å². The summed E-state index contributed by atoms with van der Waals surface area (Å²) in [7, 11) is 1.92. The van der Waals surface area contributed by atoms with E-state index in [0.717, 1.165) is 44.0 Å². The van der Waals surface area contributed by atoms with Crippen LogP contribution in [0.2, 0.25) is 0 Å². The zero-order chi connectivity index (χ0) is 17.8. The maximum Gasteiger partial charge on any atom is 0.221 e. The second-order valence-electron chi connectivity index (χ2n) is 6.84. The molecule has 1 aliphatic rings. The van der Waals surface area contributed by atoms with Gasteiger partial charge in [-0.15, -0.1) is 0 Å². The molecule has 1 atom stereocenters. The molecule has 1 aromatic carbocycles. The number of aryl methyl sites for hydroxylation is 1. The monoisotopic (exact) mass is 342 g/mol. The third-order valence-corrected chi connectivity index (χ3v) is 4.86. The normalized spacial score (nSPS) is 17.4. The van der Waals surface area contributed by atoms with Gasteiger partial charge >= 0.3 is 0 Å². The van der Waals surface area contributed by atoms with Crippen molar-refractivity contribution in [2.75, 3.05) is 18.4 Å². The first-order valence-electron chi connectivity index (χ1n) is 8.77. The van der Waals surface area contributed by atoms with E-state index in [1.165, 1.54) is 12.5 Å². The van der Waals surface area contributed by atoms with E-state index in [1.807, 2.05) is 36.0 Å². The van der Waals surface area contributed by atoms with Gasteiger partial charge in [0.1, 0.15) is 11.9 Å². The molecule has 0 bridgehead atoms. The summed E-state index contributed by atoms with van der Waals surface area (Å²) in [6.45, 7) is 4.29. The summed E-state index contributed by atoms with van der Waals surface area (Å²) in [6.07, 6.45) is 5.02. The highest BCUT2D eigenvalue weighted by atomic mass is 16.3. The van der Waals surface area contributed by atoms with Crippen LogP contribution >= 0.6 is 0 Å². The van der Waals surface area contributed by atoms with Crippen molar-refractivity contribution in [2.45, 2.75) is 32.4 Å². The zero-order valence-corrected chi connectivity index (χ0v) is 14.9. The molecular formula is C19H26N4O2. The van der Waals surface area contributed by atoms with E-state index in [1.54, 1.807) is 6.20 Å². The Balaban J connectivity index is 1.54. The molecule has 3 rings (SSSR count). The highest BCUT2D eigenvalue weighted by Crippen LogP contribution is 2.30. The number of aliphatic hydroxyl groups is 1. The summed E-state index contributed by atoms with van der Waals surface area (Å²) in [5.74, 6) is 0.950. The van der Waals surface area contributed by atoms with E-state index < -0.39 is 6.10 Å². The molecule has 1 amide bonds. The first kappa shape index (κ1) is 17.6. The number of aromatic nitrogens is 2. The summed E-state index contributed by atoms with van der Waals surface area (Å²) >= 11 is 0. The van der Waals surface area contributed by atoms with E-state index in [9.17, 15) is 9.90 Å². The average Bonchev–Trinajstić information content (AvgIpc) is 3.01. The molecule has 2 heterocycles. The van der Waals surface area contributed by atoms with Gasteiger partial charge in [-0.25, -0.2) is 4.98 Å². The highest BCUT2D eigenvalue weighted by molar-refractivity contribution is 5.88. The minimum atomic E-state index is -0.495. The van der Waals surface area contributed by atoms with Gasteiger partial charge in [0.15, 0.2) is 0 Å². The lowest BCUT2D eigenvalue weighted by molar-refractivity contribution is -0.114. The van der Waals surface area contributed by atoms with Gasteiger partial charge in [0.2, 0.25) is 5.91 Å². The van der Waals surface area contributed by atoms with E-state index >= 15 is 0 Å². The van der Waals surface area contributed by atoms with Crippen LogP contribution in [0.3, 0.4) is 0 Å². The average molecular weight is 342 g/mol. The molecule has 25 heavy (non-hydrogen) atoms. The lowest BCUT2D eigenvalue weighted by atomic mass is 9.90. The van der Waals surface area contributed by atoms with Gasteiger partial charge in [-0.05, 0) is 49.5 Å². The van der Waals surface area contributed by atoms with Gasteiger partial charge in [-0.2, -0.15) is 0 Å². The number of piperidine rings is 1. The Bertz CT molecular complexity index is 720. The fourth-order valence-electron chi connectivity index (χ4n) is 3.51. The Morgan fingerprint density at radius 2 is 2.16 bits per heavy atom. The van der Waals surface area contributed by atoms with Crippen molar-refractivity contribution < 1.29 is 9.90 Å². The smallest absolute Gasteiger partial charge is 0.221 e. The maximum atomic E-state index is 11.2. The Kier molecular flexibility index (Phi) is 5.50. The van der Waals surface area contributed by atoms with Crippen molar-refractivity contribution in [3.8, 4) is 0 Å². The first-order chi connectivity index (χ1) is 12.0. The second kappa shape index (κ2) is 7.80. The molecule has 2 N–H and O–H groups in total. The molecule has 1 aliphatic heterocycles. The molecule has 1 aromatic heterocycles. The number of anilines is 1. The second-order valence-corrected chi connectivity index (χ2v) is 6.84. The van der Waals surface area contributed by atoms with E-state index in [-0.39, 0.29) is 11.8 Å². The van der Waals surface area contributed by atoms with Crippen molar-refractivity contribution in [2.24, 2.45) is 13.0 Å². The molecule has 6 nitrogen and oxygen atoms in total. The topological polar surface area (TPSA) is 70.4 Å². The summed E-state index contributed by atoms with van der Waals surface area (Å²) in [5.41, 5.74) is 2.03. The number of carbonyl (C=O) groups excluding carboxylic acids is 1. The van der Waals surface area contributed by atoms with Crippen LogP contribution in [0.25, 0.3) is 0 Å². The van der Waals surface area contributed by atoms with Crippen LogP contribution in [0, 0.1) is 5.92 Å². The zero-order valence-electron chi connectivity index (χ0n) is 14.9. The Morgan fingerprint density at radius 3 is 2.80 bits per heavy atom. The number of rotatable bonds is 5. The predicted molar refractivity (Wildman–Crippen MR) is 96.9 cm³/mol. The molecular weight excluding hydrogens is 316 g/mol. The number of hydrogen-bond donors (Lipinski definition) is 2. The minimum Gasteiger partial charge on any atom is -0.385 e. The van der Waals surface area contributed by atoms with Crippen molar-refractivity contribution in [3.05, 3.63) is 48.0 Å². The standard InChI is InChI=1S/C19H26N4O2/c1-14(24)21-17-5-3-4-15(12-17)13-23-9-6-16(7-10-23)18(25)19-20-8-11-22(19)2/h3-5,8,11-12,16,18,25H,6-7,9-10,13H2,1-2H3,(H,21,24). The van der Waals surface area contributed by atoms with Crippen molar-refractivity contribution in [1.29, 1.82) is 0 Å². The quantitative estimate of drug-likeness (QED) is 0.875. The van der Waals surface area contributed by atoms with Gasteiger partial charge in [-0.3, -0.25) is 9.69 Å². The number of likely N-dealkylation sites (tertiary alicyclic amines) is 1. The number of carbonyl (C=O) groups is 1. The fourth-order valence-corrected chi connectivity index (χ4v) is 3.51. The fraction of sp³-hybridized carbons (Fsp3) is 0.474. The Hall–Kier alpha value is -2.18. The van der Waals surface area contributed by atoms with Crippen LogP contribution in [0.15, 0.2) is 36.7 Å². The van der Waals surface area contributed by atoms with Crippen LogP contribution in [0.1, 0.15) is 37.3 Å². The number of hydrogen-bond acceptors (Lipinski definition) is 4. The van der Waals surface area contributed by atoms with Crippen molar-refractivity contribution >= 4 is 11.6 Å². The highest BCUT2D eigenvalue weighted by Gasteiger charge is 2.28. The minimum absolute atomic E-state index is 0.0544. The molecule has 6 heteroatoms. The van der Waals surface area contributed by atoms with E-state index in [2.05, 4.69) is 21.3 Å². The van der Waals surface area contributed by atoms with Crippen molar-refractivity contribution in [1.82, 2.24) is 14.5 Å². The van der Waals surface area contributed by atoms with Crippen LogP contribution in [0.5, 0.6) is 0 Å². The Labute approximate surface area is 148 Å². The molecule has 0 aliphatic carbocycles. The van der Waals surface area contributed by atoms with Gasteiger partial charge in [0.05, 0.1) is 0 Å². The summed E-state index contributed by atoms with van der Waals surface area (Å²) < 4.78 is 1.89. The molecule has 2 aromatic rings. The van der Waals surface area contributed by atoms with Crippen molar-refractivity contribution in [3.63, 3.8) is 0 Å². The number of amides is 1. The van der Waals surface area contributed by atoms with E-state index in [4.69, 9.17) is 0 Å². The first-order valence-corrected chi connectivity index (χ1v) is 8.77. The van der Waals surface area contributed by atoms with Gasteiger partial charge in [-0.1, -0.05) is 12.1 Å². The molecule has 1 unspecified atom stereocenters. The lowest BCUT2D eigenvalue weighted by Gasteiger charge is -2.34. The number of imidazole rings is 1.